The van der Waals surface area contributed by atoms with Gasteiger partial charge in [0.25, 0.3) is 0 Å². The number of para-hydroxylation sites is 1. The number of phenolic OH excluding ortho intramolecular Hbond substituents is 1. The molecule has 0 aromatic heterocycles. The molecular formula is C17H18O2. The molecule has 0 radical (unpaired) electrons. The SMILES string of the molecule is COc1ccc2c(c1)CCCC2c1ccccc1O. The first-order valence-electron chi connectivity index (χ1n) is 6.74. The Morgan fingerprint density at radius 1 is 1.11 bits per heavy atom. The minimum Gasteiger partial charge on any atom is -0.508 e. The van der Waals surface area contributed by atoms with Gasteiger partial charge in [0, 0.05) is 11.5 Å². The highest BCUT2D eigenvalue weighted by molar-refractivity contribution is 5.47. The second-order valence-electron chi connectivity index (χ2n) is 5.07. The quantitative estimate of drug-likeness (QED) is 0.881. The van der Waals surface area contributed by atoms with Crippen LogP contribution in [0.3, 0.4) is 0 Å². The maximum absolute atomic E-state index is 10.1. The largest absolute Gasteiger partial charge is 0.508 e. The lowest BCUT2D eigenvalue weighted by Crippen LogP contribution is -2.11. The zero-order chi connectivity index (χ0) is 13.2. The minimum absolute atomic E-state index is 0.302. The van der Waals surface area contributed by atoms with Crippen LogP contribution in [0.25, 0.3) is 0 Å². The Morgan fingerprint density at radius 2 is 1.95 bits per heavy atom. The number of rotatable bonds is 2. The van der Waals surface area contributed by atoms with Gasteiger partial charge in [0.2, 0.25) is 0 Å². The van der Waals surface area contributed by atoms with Crippen molar-refractivity contribution in [1.29, 1.82) is 0 Å². The average molecular weight is 254 g/mol. The lowest BCUT2D eigenvalue weighted by molar-refractivity contribution is 0.413. The molecule has 0 amide bonds. The molecule has 2 aromatic carbocycles. The van der Waals surface area contributed by atoms with Crippen molar-refractivity contribution in [2.75, 3.05) is 7.11 Å². The fourth-order valence-electron chi connectivity index (χ4n) is 3.02. The molecule has 98 valence electrons. The van der Waals surface area contributed by atoms with E-state index >= 15 is 0 Å². The summed E-state index contributed by atoms with van der Waals surface area (Å²) in [6, 6.07) is 13.9. The van der Waals surface area contributed by atoms with E-state index in [2.05, 4.69) is 12.1 Å². The lowest BCUT2D eigenvalue weighted by atomic mass is 9.78. The first-order chi connectivity index (χ1) is 9.29. The van der Waals surface area contributed by atoms with Gasteiger partial charge in [-0.05, 0) is 48.6 Å². The molecule has 2 nitrogen and oxygen atoms in total. The molecule has 0 saturated carbocycles. The van der Waals surface area contributed by atoms with Crippen molar-refractivity contribution in [2.24, 2.45) is 0 Å². The second kappa shape index (κ2) is 4.96. The van der Waals surface area contributed by atoms with Crippen LogP contribution in [0.5, 0.6) is 11.5 Å². The summed E-state index contributed by atoms with van der Waals surface area (Å²) in [7, 11) is 1.70. The summed E-state index contributed by atoms with van der Waals surface area (Å²) in [4.78, 5) is 0. The van der Waals surface area contributed by atoms with Gasteiger partial charge < -0.3 is 9.84 Å². The molecular weight excluding hydrogens is 236 g/mol. The van der Waals surface area contributed by atoms with Crippen LogP contribution in [0.1, 0.15) is 35.4 Å². The van der Waals surface area contributed by atoms with Gasteiger partial charge in [-0.1, -0.05) is 24.3 Å². The van der Waals surface area contributed by atoms with Gasteiger partial charge in [-0.2, -0.15) is 0 Å². The predicted molar refractivity (Wildman–Crippen MR) is 75.9 cm³/mol. The third-order valence-corrected chi connectivity index (χ3v) is 3.98. The Morgan fingerprint density at radius 3 is 2.74 bits per heavy atom. The fourth-order valence-corrected chi connectivity index (χ4v) is 3.02. The molecule has 0 heterocycles. The number of benzene rings is 2. The van der Waals surface area contributed by atoms with E-state index in [1.807, 2.05) is 24.3 Å². The summed E-state index contributed by atoms with van der Waals surface area (Å²) >= 11 is 0. The van der Waals surface area contributed by atoms with Crippen molar-refractivity contribution in [3.8, 4) is 11.5 Å². The molecule has 0 saturated heterocycles. The third-order valence-electron chi connectivity index (χ3n) is 3.98. The normalized spacial score (nSPS) is 17.8. The Balaban J connectivity index is 2.06. The molecule has 1 aliphatic rings. The van der Waals surface area contributed by atoms with Gasteiger partial charge in [0.05, 0.1) is 7.11 Å². The first-order valence-corrected chi connectivity index (χ1v) is 6.74. The molecule has 1 N–H and O–H groups in total. The number of phenols is 1. The van der Waals surface area contributed by atoms with Crippen molar-refractivity contribution >= 4 is 0 Å². The van der Waals surface area contributed by atoms with Gasteiger partial charge in [0.15, 0.2) is 0 Å². The number of hydrogen-bond donors (Lipinski definition) is 1. The second-order valence-corrected chi connectivity index (χ2v) is 5.07. The van der Waals surface area contributed by atoms with Crippen LogP contribution in [0.4, 0.5) is 0 Å². The molecule has 2 aromatic rings. The summed E-state index contributed by atoms with van der Waals surface area (Å²) in [6.07, 6.45) is 3.34. The van der Waals surface area contributed by atoms with Crippen molar-refractivity contribution in [3.05, 3.63) is 59.2 Å². The summed E-state index contributed by atoms with van der Waals surface area (Å²) < 4.78 is 5.30. The number of aryl methyl sites for hydroxylation is 1. The van der Waals surface area contributed by atoms with E-state index in [4.69, 9.17) is 4.74 Å². The molecule has 0 bridgehead atoms. The van der Waals surface area contributed by atoms with Crippen molar-refractivity contribution in [2.45, 2.75) is 25.2 Å². The van der Waals surface area contributed by atoms with Crippen LogP contribution in [-0.2, 0) is 6.42 Å². The van der Waals surface area contributed by atoms with Crippen LogP contribution >= 0.6 is 0 Å². The monoisotopic (exact) mass is 254 g/mol. The maximum Gasteiger partial charge on any atom is 0.119 e. The number of methoxy groups -OCH3 is 1. The number of fused-ring (bicyclic) bond motifs is 1. The number of ether oxygens (including phenoxy) is 1. The Kier molecular flexibility index (Phi) is 3.16. The van der Waals surface area contributed by atoms with Crippen LogP contribution < -0.4 is 4.74 Å². The van der Waals surface area contributed by atoms with Crippen LogP contribution in [0, 0.1) is 0 Å². The minimum atomic E-state index is 0.302. The highest BCUT2D eigenvalue weighted by Gasteiger charge is 2.23. The van der Waals surface area contributed by atoms with E-state index < -0.39 is 0 Å². The van der Waals surface area contributed by atoms with Gasteiger partial charge >= 0.3 is 0 Å². The van der Waals surface area contributed by atoms with Crippen molar-refractivity contribution in [1.82, 2.24) is 0 Å². The van der Waals surface area contributed by atoms with E-state index in [1.165, 1.54) is 11.1 Å². The Hall–Kier alpha value is -1.96. The average Bonchev–Trinajstić information content (AvgIpc) is 2.46. The molecule has 3 rings (SSSR count). The van der Waals surface area contributed by atoms with Gasteiger partial charge in [-0.25, -0.2) is 0 Å². The molecule has 0 fully saturated rings. The molecule has 0 spiro atoms. The summed E-state index contributed by atoms with van der Waals surface area (Å²) in [5.74, 6) is 1.61. The Bertz CT molecular complexity index is 590. The Labute approximate surface area is 113 Å². The van der Waals surface area contributed by atoms with E-state index in [-0.39, 0.29) is 0 Å². The van der Waals surface area contributed by atoms with E-state index in [0.29, 0.717) is 11.7 Å². The number of hydrogen-bond acceptors (Lipinski definition) is 2. The van der Waals surface area contributed by atoms with Crippen molar-refractivity contribution < 1.29 is 9.84 Å². The summed E-state index contributed by atoms with van der Waals surface area (Å²) in [5, 5.41) is 10.1. The third kappa shape index (κ3) is 2.19. The number of aromatic hydroxyl groups is 1. The summed E-state index contributed by atoms with van der Waals surface area (Å²) in [5.41, 5.74) is 3.71. The summed E-state index contributed by atoms with van der Waals surface area (Å²) in [6.45, 7) is 0. The highest BCUT2D eigenvalue weighted by Crippen LogP contribution is 2.40. The van der Waals surface area contributed by atoms with Gasteiger partial charge in [-0.3, -0.25) is 0 Å². The molecule has 0 aliphatic heterocycles. The molecule has 19 heavy (non-hydrogen) atoms. The lowest BCUT2D eigenvalue weighted by Gasteiger charge is -2.26. The van der Waals surface area contributed by atoms with Gasteiger partial charge in [0.1, 0.15) is 11.5 Å². The zero-order valence-electron chi connectivity index (χ0n) is 11.1. The van der Waals surface area contributed by atoms with E-state index in [0.717, 1.165) is 30.6 Å². The first kappa shape index (κ1) is 12.1. The van der Waals surface area contributed by atoms with Crippen LogP contribution in [0.2, 0.25) is 0 Å². The topological polar surface area (TPSA) is 29.5 Å². The molecule has 2 heteroatoms. The van der Waals surface area contributed by atoms with E-state index in [9.17, 15) is 5.11 Å². The maximum atomic E-state index is 10.1. The van der Waals surface area contributed by atoms with Crippen molar-refractivity contribution in [3.63, 3.8) is 0 Å². The van der Waals surface area contributed by atoms with Crippen LogP contribution in [0.15, 0.2) is 42.5 Å². The highest BCUT2D eigenvalue weighted by atomic mass is 16.5. The molecule has 1 aliphatic carbocycles. The van der Waals surface area contributed by atoms with E-state index in [1.54, 1.807) is 13.2 Å². The molecule has 1 atom stereocenters. The zero-order valence-corrected chi connectivity index (χ0v) is 11.1. The van der Waals surface area contributed by atoms with Crippen LogP contribution in [-0.4, -0.2) is 12.2 Å². The fraction of sp³-hybridized carbons (Fsp3) is 0.294. The standard InChI is InChI=1S/C17H18O2/c1-19-13-9-10-14-12(11-13)5-4-7-15(14)16-6-2-3-8-17(16)18/h2-3,6,8-11,15,18H,4-5,7H2,1H3. The van der Waals surface area contributed by atoms with Gasteiger partial charge in [-0.15, -0.1) is 0 Å². The molecule has 1 unspecified atom stereocenters. The predicted octanol–water partition coefficient (Wildman–Crippen LogP) is 3.87. The smallest absolute Gasteiger partial charge is 0.119 e.